The third-order valence-electron chi connectivity index (χ3n) is 3.85. The molecule has 1 amide bonds. The molecule has 0 spiro atoms. The number of imidazole rings is 1. The second kappa shape index (κ2) is 8.39. The number of amides is 1. The van der Waals surface area contributed by atoms with Gasteiger partial charge in [0.2, 0.25) is 5.91 Å². The first kappa shape index (κ1) is 19.2. The quantitative estimate of drug-likeness (QED) is 0.579. The SMILES string of the molecule is CCOc1ccccc1NC(=O)C(C)Sc1nc2ccccc2n1C(F)F. The van der Waals surface area contributed by atoms with Gasteiger partial charge in [-0.3, -0.25) is 9.36 Å². The Hall–Kier alpha value is -2.61. The van der Waals surface area contributed by atoms with Crippen molar-refractivity contribution in [2.24, 2.45) is 0 Å². The van der Waals surface area contributed by atoms with Crippen molar-refractivity contribution in [3.05, 3.63) is 48.5 Å². The highest BCUT2D eigenvalue weighted by atomic mass is 32.2. The van der Waals surface area contributed by atoms with Crippen LogP contribution >= 0.6 is 11.8 Å². The van der Waals surface area contributed by atoms with Crippen molar-refractivity contribution in [1.82, 2.24) is 9.55 Å². The van der Waals surface area contributed by atoms with Gasteiger partial charge in [-0.15, -0.1) is 0 Å². The first-order valence-electron chi connectivity index (χ1n) is 8.45. The first-order chi connectivity index (χ1) is 13.0. The van der Waals surface area contributed by atoms with Gasteiger partial charge < -0.3 is 10.1 Å². The Kier molecular flexibility index (Phi) is 5.95. The minimum absolute atomic E-state index is 0.104. The third kappa shape index (κ3) is 4.21. The van der Waals surface area contributed by atoms with Crippen LogP contribution in [0.25, 0.3) is 11.0 Å². The summed E-state index contributed by atoms with van der Waals surface area (Å²) in [6, 6.07) is 13.7. The normalized spacial score (nSPS) is 12.3. The molecule has 1 unspecified atom stereocenters. The number of rotatable bonds is 7. The Morgan fingerprint density at radius 1 is 1.22 bits per heavy atom. The number of fused-ring (bicyclic) bond motifs is 1. The summed E-state index contributed by atoms with van der Waals surface area (Å²) in [5, 5.41) is 2.26. The van der Waals surface area contributed by atoms with E-state index in [2.05, 4.69) is 10.3 Å². The van der Waals surface area contributed by atoms with Gasteiger partial charge in [0.15, 0.2) is 5.16 Å². The van der Waals surface area contributed by atoms with Crippen LogP contribution in [0.2, 0.25) is 0 Å². The smallest absolute Gasteiger partial charge is 0.321 e. The van der Waals surface area contributed by atoms with Gasteiger partial charge in [-0.25, -0.2) is 4.98 Å². The van der Waals surface area contributed by atoms with Gasteiger partial charge in [-0.1, -0.05) is 36.0 Å². The van der Waals surface area contributed by atoms with E-state index in [-0.39, 0.29) is 11.1 Å². The predicted molar refractivity (Wildman–Crippen MR) is 103 cm³/mol. The number of hydrogen-bond acceptors (Lipinski definition) is 4. The Morgan fingerprint density at radius 2 is 1.93 bits per heavy atom. The largest absolute Gasteiger partial charge is 0.492 e. The number of nitrogens with zero attached hydrogens (tertiary/aromatic N) is 2. The summed E-state index contributed by atoms with van der Waals surface area (Å²) in [5.41, 5.74) is 1.35. The maximum absolute atomic E-state index is 13.5. The second-order valence-corrected chi connectivity index (χ2v) is 7.02. The number of anilines is 1. The number of halogens is 2. The van der Waals surface area contributed by atoms with E-state index < -0.39 is 11.8 Å². The van der Waals surface area contributed by atoms with Gasteiger partial charge in [0, 0.05) is 0 Å². The van der Waals surface area contributed by atoms with Crippen molar-refractivity contribution in [2.75, 3.05) is 11.9 Å². The summed E-state index contributed by atoms with van der Waals surface area (Å²) in [7, 11) is 0. The fraction of sp³-hybridized carbons (Fsp3) is 0.263. The molecule has 142 valence electrons. The van der Waals surface area contributed by atoms with Crippen molar-refractivity contribution in [2.45, 2.75) is 30.8 Å². The molecule has 1 heterocycles. The zero-order valence-corrected chi connectivity index (χ0v) is 15.7. The minimum Gasteiger partial charge on any atom is -0.492 e. The van der Waals surface area contributed by atoms with E-state index in [1.807, 2.05) is 13.0 Å². The summed E-state index contributed by atoms with van der Waals surface area (Å²) >= 11 is 0.990. The van der Waals surface area contributed by atoms with Gasteiger partial charge in [-0.05, 0) is 38.1 Å². The fourth-order valence-electron chi connectivity index (χ4n) is 2.59. The minimum atomic E-state index is -2.74. The topological polar surface area (TPSA) is 56.1 Å². The van der Waals surface area contributed by atoms with Gasteiger partial charge in [0.05, 0.1) is 28.6 Å². The van der Waals surface area contributed by atoms with Gasteiger partial charge in [0.1, 0.15) is 5.75 Å². The number of alkyl halides is 2. The number of carbonyl (C=O) groups is 1. The highest BCUT2D eigenvalue weighted by Gasteiger charge is 2.23. The lowest BCUT2D eigenvalue weighted by molar-refractivity contribution is -0.115. The van der Waals surface area contributed by atoms with Crippen LogP contribution in [-0.4, -0.2) is 27.3 Å². The molecule has 3 aromatic rings. The molecule has 2 aromatic carbocycles. The second-order valence-electron chi connectivity index (χ2n) is 5.71. The average molecular weight is 391 g/mol. The number of benzene rings is 2. The zero-order chi connectivity index (χ0) is 19.4. The molecule has 1 N–H and O–H groups in total. The molecule has 0 saturated carbocycles. The number of carbonyl (C=O) groups excluding carboxylic acids is 1. The molecule has 3 rings (SSSR count). The average Bonchev–Trinajstić information content (AvgIpc) is 3.01. The molecule has 0 radical (unpaired) electrons. The first-order valence-corrected chi connectivity index (χ1v) is 9.33. The number of hydrogen-bond donors (Lipinski definition) is 1. The highest BCUT2D eigenvalue weighted by Crippen LogP contribution is 2.32. The molecule has 0 fully saturated rings. The molecule has 0 aliphatic carbocycles. The summed E-state index contributed by atoms with van der Waals surface area (Å²) in [5.74, 6) is 0.241. The number of nitrogens with one attached hydrogen (secondary N) is 1. The molecular weight excluding hydrogens is 372 g/mol. The molecule has 0 bridgehead atoms. The monoisotopic (exact) mass is 391 g/mol. The van der Waals surface area contributed by atoms with E-state index >= 15 is 0 Å². The summed E-state index contributed by atoms with van der Waals surface area (Å²) in [4.78, 5) is 16.8. The van der Waals surface area contributed by atoms with Crippen LogP contribution in [0, 0.1) is 0 Å². The van der Waals surface area contributed by atoms with E-state index in [9.17, 15) is 13.6 Å². The standard InChI is InChI=1S/C19H19F2N3O2S/c1-3-26-16-11-7-5-9-14(16)22-17(25)12(2)27-19-23-13-8-4-6-10-15(13)24(19)18(20)21/h4-12,18H,3H2,1-2H3,(H,22,25). The lowest BCUT2D eigenvalue weighted by atomic mass is 10.3. The molecule has 1 aromatic heterocycles. The van der Waals surface area contributed by atoms with Crippen LogP contribution < -0.4 is 10.1 Å². The predicted octanol–water partition coefficient (Wildman–Crippen LogP) is 4.95. The zero-order valence-electron chi connectivity index (χ0n) is 14.9. The van der Waals surface area contributed by atoms with Gasteiger partial charge in [-0.2, -0.15) is 8.78 Å². The van der Waals surface area contributed by atoms with Crippen LogP contribution in [0.15, 0.2) is 53.7 Å². The molecule has 27 heavy (non-hydrogen) atoms. The summed E-state index contributed by atoms with van der Waals surface area (Å²) < 4.78 is 33.4. The van der Waals surface area contributed by atoms with Crippen LogP contribution in [0.1, 0.15) is 20.4 Å². The maximum atomic E-state index is 13.5. The molecule has 0 aliphatic rings. The number of thioether (sulfide) groups is 1. The van der Waals surface area contributed by atoms with Gasteiger partial charge in [0.25, 0.3) is 0 Å². The van der Waals surface area contributed by atoms with Crippen LogP contribution in [0.4, 0.5) is 14.5 Å². The maximum Gasteiger partial charge on any atom is 0.321 e. The number of para-hydroxylation sites is 4. The molecule has 0 aliphatic heterocycles. The molecule has 8 heteroatoms. The van der Waals surface area contributed by atoms with Crippen LogP contribution in [-0.2, 0) is 4.79 Å². The van der Waals surface area contributed by atoms with Crippen molar-refractivity contribution in [3.63, 3.8) is 0 Å². The third-order valence-corrected chi connectivity index (χ3v) is 4.92. The van der Waals surface area contributed by atoms with Crippen molar-refractivity contribution >= 4 is 34.4 Å². The van der Waals surface area contributed by atoms with E-state index in [4.69, 9.17) is 4.74 Å². The van der Waals surface area contributed by atoms with E-state index in [1.165, 1.54) is 0 Å². The lowest BCUT2D eigenvalue weighted by Gasteiger charge is -2.15. The molecule has 1 atom stereocenters. The Labute approximate surface area is 159 Å². The van der Waals surface area contributed by atoms with Crippen LogP contribution in [0.3, 0.4) is 0 Å². The molecular formula is C19H19F2N3O2S. The Bertz CT molecular complexity index is 946. The van der Waals surface area contributed by atoms with Crippen molar-refractivity contribution in [1.29, 1.82) is 0 Å². The molecule has 0 saturated heterocycles. The summed E-state index contributed by atoms with van der Waals surface area (Å²) in [6.45, 7) is 1.23. The highest BCUT2D eigenvalue weighted by molar-refractivity contribution is 8.00. The Morgan fingerprint density at radius 3 is 2.67 bits per heavy atom. The summed E-state index contributed by atoms with van der Waals surface area (Å²) in [6.07, 6.45) is 0. The van der Waals surface area contributed by atoms with Crippen molar-refractivity contribution < 1.29 is 18.3 Å². The Balaban J connectivity index is 1.79. The number of aromatic nitrogens is 2. The molecule has 5 nitrogen and oxygen atoms in total. The van der Waals surface area contributed by atoms with E-state index in [1.54, 1.807) is 49.4 Å². The van der Waals surface area contributed by atoms with Gasteiger partial charge >= 0.3 is 6.55 Å². The lowest BCUT2D eigenvalue weighted by Crippen LogP contribution is -2.23. The fourth-order valence-corrected chi connectivity index (χ4v) is 3.52. The van der Waals surface area contributed by atoms with E-state index in [0.717, 1.165) is 16.3 Å². The van der Waals surface area contributed by atoms with Crippen molar-refractivity contribution in [3.8, 4) is 5.75 Å². The van der Waals surface area contributed by atoms with Crippen LogP contribution in [0.5, 0.6) is 5.75 Å². The van der Waals surface area contributed by atoms with E-state index in [0.29, 0.717) is 29.1 Å². The number of ether oxygens (including phenoxy) is 1.